The second-order valence-electron chi connectivity index (χ2n) is 6.34. The minimum Gasteiger partial charge on any atom is -0.456 e. The molecule has 0 atom stereocenters. The third-order valence-electron chi connectivity index (χ3n) is 3.21. The Balaban J connectivity index is 2.41. The Kier molecular flexibility index (Phi) is 5.28. The largest absolute Gasteiger partial charge is 0.456 e. The predicted octanol–water partition coefficient (Wildman–Crippen LogP) is 2.38. The number of nitrogens with one attached hydrogen (secondary N) is 1. The van der Waals surface area contributed by atoms with Crippen LogP contribution < -0.4 is 5.32 Å². The molecule has 0 spiro atoms. The van der Waals surface area contributed by atoms with Crippen LogP contribution >= 0.6 is 0 Å². The van der Waals surface area contributed by atoms with Gasteiger partial charge in [0.05, 0.1) is 5.56 Å². The molecular weight excluding hydrogens is 306 g/mol. The van der Waals surface area contributed by atoms with Gasteiger partial charge in [-0.25, -0.2) is 4.79 Å². The maximum absolute atomic E-state index is 12.5. The van der Waals surface area contributed by atoms with Crippen LogP contribution in [0.5, 0.6) is 0 Å². The van der Waals surface area contributed by atoms with Gasteiger partial charge in [0.2, 0.25) is 0 Å². The molecule has 0 fully saturated rings. The standard InChI is InChI=1S/C18H21N3O3/c1-18(2,3)24-17(23)14-10-15(16(22)19-4)21-11-13(14)9-12-5-7-20-8-6-12/h5-8,10-11H,9H2,1-4H3,(H,19,22). The Morgan fingerprint density at radius 3 is 2.46 bits per heavy atom. The topological polar surface area (TPSA) is 81.2 Å². The van der Waals surface area contributed by atoms with E-state index in [1.807, 2.05) is 12.1 Å². The van der Waals surface area contributed by atoms with Gasteiger partial charge in [-0.2, -0.15) is 0 Å². The van der Waals surface area contributed by atoms with Gasteiger partial charge in [-0.3, -0.25) is 14.8 Å². The van der Waals surface area contributed by atoms with Crippen molar-refractivity contribution >= 4 is 11.9 Å². The van der Waals surface area contributed by atoms with Crippen LogP contribution in [0.3, 0.4) is 0 Å². The number of pyridine rings is 2. The third kappa shape index (κ3) is 4.62. The van der Waals surface area contributed by atoms with Gasteiger partial charge >= 0.3 is 5.97 Å². The van der Waals surface area contributed by atoms with Crippen LogP contribution in [0.1, 0.15) is 52.7 Å². The molecule has 6 nitrogen and oxygen atoms in total. The molecule has 0 unspecified atom stereocenters. The molecule has 6 heteroatoms. The Bertz CT molecular complexity index is 737. The lowest BCUT2D eigenvalue weighted by atomic mass is 10.0. The lowest BCUT2D eigenvalue weighted by Gasteiger charge is -2.20. The monoisotopic (exact) mass is 327 g/mol. The fourth-order valence-electron chi connectivity index (χ4n) is 2.12. The zero-order valence-electron chi connectivity index (χ0n) is 14.3. The van der Waals surface area contributed by atoms with Crippen LogP contribution in [-0.4, -0.2) is 34.5 Å². The van der Waals surface area contributed by atoms with Gasteiger partial charge < -0.3 is 10.1 Å². The summed E-state index contributed by atoms with van der Waals surface area (Å²) in [6.07, 6.45) is 5.42. The van der Waals surface area contributed by atoms with E-state index < -0.39 is 11.6 Å². The predicted molar refractivity (Wildman–Crippen MR) is 89.8 cm³/mol. The summed E-state index contributed by atoms with van der Waals surface area (Å²) >= 11 is 0. The van der Waals surface area contributed by atoms with Crippen molar-refractivity contribution in [3.05, 3.63) is 59.2 Å². The van der Waals surface area contributed by atoms with E-state index in [4.69, 9.17) is 4.74 Å². The summed E-state index contributed by atoms with van der Waals surface area (Å²) < 4.78 is 5.46. The van der Waals surface area contributed by atoms with Crippen LogP contribution in [0.15, 0.2) is 36.8 Å². The molecule has 1 amide bonds. The highest BCUT2D eigenvalue weighted by atomic mass is 16.6. The Morgan fingerprint density at radius 2 is 1.88 bits per heavy atom. The van der Waals surface area contributed by atoms with Crippen LogP contribution in [-0.2, 0) is 11.2 Å². The van der Waals surface area contributed by atoms with Gasteiger partial charge in [0.15, 0.2) is 0 Å². The molecular formula is C18H21N3O3. The van der Waals surface area contributed by atoms with Gasteiger partial charge in [0, 0.05) is 25.6 Å². The summed E-state index contributed by atoms with van der Waals surface area (Å²) in [5.74, 6) is -0.825. The third-order valence-corrected chi connectivity index (χ3v) is 3.21. The number of hydrogen-bond acceptors (Lipinski definition) is 5. The molecule has 0 aromatic carbocycles. The number of hydrogen-bond donors (Lipinski definition) is 1. The zero-order chi connectivity index (χ0) is 17.7. The van der Waals surface area contributed by atoms with Gasteiger partial charge in [0.25, 0.3) is 5.91 Å². The molecule has 24 heavy (non-hydrogen) atoms. The lowest BCUT2D eigenvalue weighted by molar-refractivity contribution is 0.00683. The number of aromatic nitrogens is 2. The van der Waals surface area contributed by atoms with Crippen LogP contribution in [0.2, 0.25) is 0 Å². The Morgan fingerprint density at radius 1 is 1.21 bits per heavy atom. The zero-order valence-corrected chi connectivity index (χ0v) is 14.3. The minimum absolute atomic E-state index is 0.178. The van der Waals surface area contributed by atoms with Crippen molar-refractivity contribution in [1.29, 1.82) is 0 Å². The lowest BCUT2D eigenvalue weighted by Crippen LogP contribution is -2.26. The van der Waals surface area contributed by atoms with E-state index >= 15 is 0 Å². The second kappa shape index (κ2) is 7.21. The minimum atomic E-state index is -0.624. The first-order chi connectivity index (χ1) is 11.3. The molecule has 0 aliphatic heterocycles. The van der Waals surface area contributed by atoms with E-state index in [1.165, 1.54) is 13.1 Å². The van der Waals surface area contributed by atoms with Crippen molar-refractivity contribution in [3.8, 4) is 0 Å². The van der Waals surface area contributed by atoms with E-state index in [0.29, 0.717) is 17.5 Å². The van der Waals surface area contributed by atoms with Gasteiger partial charge in [0.1, 0.15) is 11.3 Å². The molecule has 0 bridgehead atoms. The highest BCUT2D eigenvalue weighted by Gasteiger charge is 2.22. The van der Waals surface area contributed by atoms with Crippen molar-refractivity contribution in [3.63, 3.8) is 0 Å². The number of ether oxygens (including phenoxy) is 1. The van der Waals surface area contributed by atoms with Crippen molar-refractivity contribution in [2.75, 3.05) is 7.05 Å². The maximum atomic E-state index is 12.5. The normalized spacial score (nSPS) is 11.0. The first kappa shape index (κ1) is 17.6. The number of carbonyl (C=O) groups excluding carboxylic acids is 2. The van der Waals surface area contributed by atoms with Gasteiger partial charge in [-0.1, -0.05) is 0 Å². The van der Waals surface area contributed by atoms with E-state index in [2.05, 4.69) is 15.3 Å². The highest BCUT2D eigenvalue weighted by molar-refractivity contribution is 5.97. The fourth-order valence-corrected chi connectivity index (χ4v) is 2.12. The van der Waals surface area contributed by atoms with E-state index in [9.17, 15) is 9.59 Å². The van der Waals surface area contributed by atoms with Crippen LogP contribution in [0.4, 0.5) is 0 Å². The van der Waals surface area contributed by atoms with Crippen molar-refractivity contribution in [1.82, 2.24) is 15.3 Å². The number of amides is 1. The Labute approximate surface area is 141 Å². The number of rotatable bonds is 4. The molecule has 2 heterocycles. The number of esters is 1. The summed E-state index contributed by atoms with van der Waals surface area (Å²) in [5.41, 5.74) is 1.58. The Hall–Kier alpha value is -2.76. The van der Waals surface area contributed by atoms with E-state index in [0.717, 1.165) is 5.56 Å². The van der Waals surface area contributed by atoms with Crippen molar-refractivity contribution in [2.24, 2.45) is 0 Å². The molecule has 0 radical (unpaired) electrons. The second-order valence-corrected chi connectivity index (χ2v) is 6.34. The molecule has 2 rings (SSSR count). The molecule has 0 aliphatic rings. The molecule has 0 saturated carbocycles. The quantitative estimate of drug-likeness (QED) is 0.872. The summed E-state index contributed by atoms with van der Waals surface area (Å²) in [4.78, 5) is 32.5. The van der Waals surface area contributed by atoms with Crippen LogP contribution in [0.25, 0.3) is 0 Å². The molecule has 1 N–H and O–H groups in total. The summed E-state index contributed by atoms with van der Waals surface area (Å²) in [5, 5.41) is 2.50. The number of carbonyl (C=O) groups is 2. The molecule has 0 saturated heterocycles. The van der Waals surface area contributed by atoms with E-state index in [-0.39, 0.29) is 11.6 Å². The molecule has 126 valence electrons. The van der Waals surface area contributed by atoms with E-state index in [1.54, 1.807) is 39.4 Å². The average Bonchev–Trinajstić information content (AvgIpc) is 2.53. The first-order valence-corrected chi connectivity index (χ1v) is 7.63. The van der Waals surface area contributed by atoms with Crippen LogP contribution in [0, 0.1) is 0 Å². The maximum Gasteiger partial charge on any atom is 0.339 e. The first-order valence-electron chi connectivity index (χ1n) is 7.63. The summed E-state index contributed by atoms with van der Waals surface area (Å²) in [6, 6.07) is 5.21. The molecule has 2 aromatic heterocycles. The fraction of sp³-hybridized carbons (Fsp3) is 0.333. The summed E-state index contributed by atoms with van der Waals surface area (Å²) in [7, 11) is 1.52. The van der Waals surface area contributed by atoms with Crippen molar-refractivity contribution in [2.45, 2.75) is 32.8 Å². The van der Waals surface area contributed by atoms with Crippen molar-refractivity contribution < 1.29 is 14.3 Å². The highest BCUT2D eigenvalue weighted by Crippen LogP contribution is 2.19. The molecule has 2 aromatic rings. The SMILES string of the molecule is CNC(=O)c1cc(C(=O)OC(C)(C)C)c(Cc2ccncc2)cn1. The smallest absolute Gasteiger partial charge is 0.339 e. The molecule has 0 aliphatic carbocycles. The average molecular weight is 327 g/mol. The van der Waals surface area contributed by atoms with Gasteiger partial charge in [-0.15, -0.1) is 0 Å². The number of nitrogens with zero attached hydrogens (tertiary/aromatic N) is 2. The summed E-state index contributed by atoms with van der Waals surface area (Å²) in [6.45, 7) is 5.40. The van der Waals surface area contributed by atoms with Gasteiger partial charge in [-0.05, 0) is 56.5 Å².